The first-order valence-electron chi connectivity index (χ1n) is 8.00. The van der Waals surface area contributed by atoms with Crippen LogP contribution in [0.5, 0.6) is 0 Å². The summed E-state index contributed by atoms with van der Waals surface area (Å²) >= 11 is 0. The maximum absolute atomic E-state index is 12.9. The van der Waals surface area contributed by atoms with E-state index in [1.165, 1.54) is 0 Å². The van der Waals surface area contributed by atoms with Crippen molar-refractivity contribution in [2.75, 3.05) is 6.61 Å². The molecule has 0 radical (unpaired) electrons. The van der Waals surface area contributed by atoms with Crippen molar-refractivity contribution in [3.05, 3.63) is 0 Å². The van der Waals surface area contributed by atoms with E-state index in [0.717, 1.165) is 19.3 Å². The number of rotatable bonds is 9. The molecule has 0 rings (SSSR count). The maximum Gasteiger partial charge on any atom is 0.144 e. The molecule has 0 N–H and O–H groups in total. The molecule has 0 atom stereocenters. The Morgan fingerprint density at radius 1 is 1.00 bits per heavy atom. The summed E-state index contributed by atoms with van der Waals surface area (Å²) in [5, 5.41) is 0. The molecular weight excluding hydrogens is 248 g/mol. The number of Topliss-reactive ketones (excluding diaryl/α,β-unsaturated/α-hetero) is 1. The molecule has 2 heteroatoms. The van der Waals surface area contributed by atoms with Gasteiger partial charge in [0.15, 0.2) is 0 Å². The fraction of sp³-hybridized carbons (Fsp3) is 0.944. The Labute approximate surface area is 126 Å². The molecule has 0 saturated carbocycles. The van der Waals surface area contributed by atoms with Crippen LogP contribution in [0.15, 0.2) is 0 Å². The molecule has 0 amide bonds. The highest BCUT2D eigenvalue weighted by atomic mass is 16.5. The molecule has 0 fully saturated rings. The highest BCUT2D eigenvalue weighted by molar-refractivity contribution is 5.89. The van der Waals surface area contributed by atoms with Gasteiger partial charge < -0.3 is 4.74 Å². The third-order valence-electron chi connectivity index (χ3n) is 3.83. The van der Waals surface area contributed by atoms with Gasteiger partial charge in [0.2, 0.25) is 0 Å². The van der Waals surface area contributed by atoms with Crippen LogP contribution in [0, 0.1) is 16.2 Å². The molecule has 0 aromatic carbocycles. The average Bonchev–Trinajstić information content (AvgIpc) is 2.24. The van der Waals surface area contributed by atoms with Crippen molar-refractivity contribution in [3.63, 3.8) is 0 Å². The zero-order valence-corrected chi connectivity index (χ0v) is 15.2. The van der Waals surface area contributed by atoms with Gasteiger partial charge in [-0.25, -0.2) is 0 Å². The molecule has 0 heterocycles. The van der Waals surface area contributed by atoms with E-state index in [2.05, 4.69) is 62.3 Å². The molecule has 0 spiro atoms. The third kappa shape index (κ3) is 6.39. The average molecular weight is 284 g/mol. The molecule has 0 bridgehead atoms. The lowest BCUT2D eigenvalue weighted by Gasteiger charge is -2.38. The summed E-state index contributed by atoms with van der Waals surface area (Å²) in [6, 6.07) is 0. The van der Waals surface area contributed by atoms with Crippen LogP contribution in [-0.2, 0) is 9.53 Å². The first-order valence-corrected chi connectivity index (χ1v) is 8.00. The van der Waals surface area contributed by atoms with Crippen molar-refractivity contribution in [3.8, 4) is 0 Å². The van der Waals surface area contributed by atoms with Crippen LogP contribution in [0.1, 0.15) is 81.6 Å². The van der Waals surface area contributed by atoms with Gasteiger partial charge in [0, 0.05) is 10.8 Å². The van der Waals surface area contributed by atoms with Crippen molar-refractivity contribution in [1.29, 1.82) is 0 Å². The van der Waals surface area contributed by atoms with Gasteiger partial charge in [-0.05, 0) is 32.1 Å². The van der Waals surface area contributed by atoms with Crippen molar-refractivity contribution in [1.82, 2.24) is 0 Å². The Morgan fingerprint density at radius 3 is 1.90 bits per heavy atom. The first kappa shape index (κ1) is 19.6. The lowest BCUT2D eigenvalue weighted by atomic mass is 9.65. The molecule has 0 aliphatic heterocycles. The topological polar surface area (TPSA) is 26.3 Å². The highest BCUT2D eigenvalue weighted by Gasteiger charge is 2.41. The van der Waals surface area contributed by atoms with Gasteiger partial charge in [-0.2, -0.15) is 0 Å². The van der Waals surface area contributed by atoms with Crippen LogP contribution < -0.4 is 0 Å². The number of ketones is 1. The highest BCUT2D eigenvalue weighted by Crippen LogP contribution is 2.41. The summed E-state index contributed by atoms with van der Waals surface area (Å²) in [5.74, 6) is 0.379. The minimum Gasteiger partial charge on any atom is -0.378 e. The van der Waals surface area contributed by atoms with Crippen LogP contribution in [0.25, 0.3) is 0 Å². The second-order valence-electron chi connectivity index (χ2n) is 8.55. The Hall–Kier alpha value is -0.370. The minimum atomic E-state index is -0.303. The Morgan fingerprint density at radius 2 is 1.50 bits per heavy atom. The zero-order chi connectivity index (χ0) is 16.2. The second-order valence-corrected chi connectivity index (χ2v) is 8.55. The van der Waals surface area contributed by atoms with E-state index in [1.807, 2.05) is 0 Å². The maximum atomic E-state index is 12.9. The van der Waals surface area contributed by atoms with Crippen molar-refractivity contribution >= 4 is 5.78 Å². The van der Waals surface area contributed by atoms with Crippen LogP contribution in [0.3, 0.4) is 0 Å². The molecule has 0 saturated heterocycles. The molecule has 2 nitrogen and oxygen atoms in total. The number of hydrogen-bond acceptors (Lipinski definition) is 2. The Balaban J connectivity index is 4.83. The van der Waals surface area contributed by atoms with Crippen molar-refractivity contribution in [2.45, 2.75) is 87.7 Å². The number of carbonyl (C=O) groups excluding carboxylic acids is 1. The molecule has 120 valence electrons. The fourth-order valence-corrected chi connectivity index (χ4v) is 3.37. The smallest absolute Gasteiger partial charge is 0.144 e. The standard InChI is InChI=1S/C18H36O2/c1-10-11-17(6,7)15(19)18(8,9)12-16(4,5)13-20-14(2)3/h14H,10-13H2,1-9H3. The van der Waals surface area contributed by atoms with Gasteiger partial charge in [0.05, 0.1) is 12.7 Å². The Kier molecular flexibility index (Phi) is 6.93. The summed E-state index contributed by atoms with van der Waals surface area (Å²) in [6.07, 6.45) is 3.11. The quantitative estimate of drug-likeness (QED) is 0.578. The minimum absolute atomic E-state index is 0.0196. The van der Waals surface area contributed by atoms with Crippen LogP contribution >= 0.6 is 0 Å². The predicted molar refractivity (Wildman–Crippen MR) is 87.0 cm³/mol. The third-order valence-corrected chi connectivity index (χ3v) is 3.83. The number of hydrogen-bond donors (Lipinski definition) is 0. The van der Waals surface area contributed by atoms with E-state index >= 15 is 0 Å². The molecule has 0 aromatic heterocycles. The van der Waals surface area contributed by atoms with Gasteiger partial charge >= 0.3 is 0 Å². The zero-order valence-electron chi connectivity index (χ0n) is 15.2. The summed E-state index contributed by atoms with van der Waals surface area (Å²) in [7, 11) is 0. The van der Waals surface area contributed by atoms with E-state index in [4.69, 9.17) is 4.74 Å². The van der Waals surface area contributed by atoms with E-state index in [-0.39, 0.29) is 22.3 Å². The molecule has 0 aliphatic rings. The SMILES string of the molecule is CCCC(C)(C)C(=O)C(C)(C)CC(C)(C)COC(C)C. The molecule has 0 aromatic rings. The molecule has 20 heavy (non-hydrogen) atoms. The van der Waals surface area contributed by atoms with Gasteiger partial charge in [-0.1, -0.05) is 54.9 Å². The second kappa shape index (κ2) is 7.06. The summed E-state index contributed by atoms with van der Waals surface area (Å²) < 4.78 is 5.75. The van der Waals surface area contributed by atoms with Crippen LogP contribution in [0.4, 0.5) is 0 Å². The molecular formula is C18H36O2. The van der Waals surface area contributed by atoms with Crippen LogP contribution in [0.2, 0.25) is 0 Å². The normalized spacial score (nSPS) is 13.9. The summed E-state index contributed by atoms with van der Waals surface area (Å²) in [6.45, 7) is 19.7. The first-order chi connectivity index (χ1) is 8.84. The predicted octanol–water partition coefficient (Wildman–Crippen LogP) is 5.25. The van der Waals surface area contributed by atoms with E-state index in [0.29, 0.717) is 12.4 Å². The van der Waals surface area contributed by atoms with Crippen molar-refractivity contribution < 1.29 is 9.53 Å². The lowest BCUT2D eigenvalue weighted by Crippen LogP contribution is -2.40. The van der Waals surface area contributed by atoms with Gasteiger partial charge in [0.25, 0.3) is 0 Å². The number of ether oxygens (including phenoxy) is 1. The molecule has 0 unspecified atom stereocenters. The summed E-state index contributed by atoms with van der Waals surface area (Å²) in [4.78, 5) is 12.9. The van der Waals surface area contributed by atoms with Gasteiger partial charge in [0.1, 0.15) is 5.78 Å². The van der Waals surface area contributed by atoms with Crippen molar-refractivity contribution in [2.24, 2.45) is 16.2 Å². The van der Waals surface area contributed by atoms with E-state index in [9.17, 15) is 4.79 Å². The number of carbonyl (C=O) groups is 1. The van der Waals surface area contributed by atoms with Gasteiger partial charge in [-0.3, -0.25) is 4.79 Å². The largest absolute Gasteiger partial charge is 0.378 e. The Bertz CT molecular complexity index is 311. The van der Waals surface area contributed by atoms with E-state index in [1.54, 1.807) is 0 Å². The molecule has 0 aliphatic carbocycles. The summed E-state index contributed by atoms with van der Waals surface area (Å²) in [5.41, 5.74) is -0.512. The van der Waals surface area contributed by atoms with Gasteiger partial charge in [-0.15, -0.1) is 0 Å². The fourth-order valence-electron chi connectivity index (χ4n) is 3.37. The van der Waals surface area contributed by atoms with E-state index < -0.39 is 0 Å². The lowest BCUT2D eigenvalue weighted by molar-refractivity contribution is -0.138. The van der Waals surface area contributed by atoms with Crippen LogP contribution in [-0.4, -0.2) is 18.5 Å². The monoisotopic (exact) mass is 284 g/mol.